The summed E-state index contributed by atoms with van der Waals surface area (Å²) < 4.78 is 0. The molecular formula is C13H19N3O3S. The molecule has 1 aromatic heterocycles. The van der Waals surface area contributed by atoms with Gasteiger partial charge < -0.3 is 15.4 Å². The molecule has 6 nitrogen and oxygen atoms in total. The van der Waals surface area contributed by atoms with Crippen LogP contribution in [0.25, 0.3) is 0 Å². The lowest BCUT2D eigenvalue weighted by Gasteiger charge is -2.21. The van der Waals surface area contributed by atoms with Gasteiger partial charge in [-0.05, 0) is 30.3 Å². The number of aromatic nitrogens is 2. The number of imidazole rings is 1. The van der Waals surface area contributed by atoms with Gasteiger partial charge in [-0.3, -0.25) is 4.79 Å². The van der Waals surface area contributed by atoms with Crippen LogP contribution in [0.4, 0.5) is 0 Å². The van der Waals surface area contributed by atoms with Crippen LogP contribution in [-0.2, 0) is 16.0 Å². The maximum absolute atomic E-state index is 11.9. The summed E-state index contributed by atoms with van der Waals surface area (Å²) in [7, 11) is 0. The predicted octanol–water partition coefficient (Wildman–Crippen LogP) is 1.05. The first-order valence-electron chi connectivity index (χ1n) is 6.72. The molecule has 3 N–H and O–H groups in total. The number of hydrogen-bond acceptors (Lipinski definition) is 4. The number of H-pyrrole nitrogens is 1. The van der Waals surface area contributed by atoms with E-state index in [0.29, 0.717) is 18.0 Å². The molecular weight excluding hydrogens is 278 g/mol. The normalized spacial score (nSPS) is 17.6. The summed E-state index contributed by atoms with van der Waals surface area (Å²) in [5, 5.41) is 11.8. The van der Waals surface area contributed by atoms with Gasteiger partial charge in [0.1, 0.15) is 6.04 Å². The molecule has 0 bridgehead atoms. The Hall–Kier alpha value is -1.50. The van der Waals surface area contributed by atoms with Crippen molar-refractivity contribution in [1.82, 2.24) is 15.3 Å². The van der Waals surface area contributed by atoms with Gasteiger partial charge in [-0.15, -0.1) is 0 Å². The number of carbonyl (C=O) groups excluding carboxylic acids is 1. The summed E-state index contributed by atoms with van der Waals surface area (Å²) in [5.74, 6) is 1.38. The molecule has 110 valence electrons. The van der Waals surface area contributed by atoms with Gasteiger partial charge in [-0.2, -0.15) is 11.8 Å². The van der Waals surface area contributed by atoms with Crippen molar-refractivity contribution in [3.05, 3.63) is 18.2 Å². The standard InChI is InChI=1S/C13H19N3O3S/c17-12(5-9-1-3-20-4-2-9)16-11(13(18)19)6-10-7-14-8-15-10/h7-9,11H,1-6H2,(H,14,15)(H,16,17)(H,18,19)/t11-/m0/s1. The largest absolute Gasteiger partial charge is 0.480 e. The van der Waals surface area contributed by atoms with Gasteiger partial charge in [0.05, 0.1) is 6.33 Å². The number of nitrogens with one attached hydrogen (secondary N) is 2. The molecule has 0 aromatic carbocycles. The van der Waals surface area contributed by atoms with Crippen molar-refractivity contribution >= 4 is 23.6 Å². The Balaban J connectivity index is 1.83. The highest BCUT2D eigenvalue weighted by atomic mass is 32.2. The van der Waals surface area contributed by atoms with Crippen LogP contribution in [0.2, 0.25) is 0 Å². The molecule has 1 saturated heterocycles. The molecule has 0 saturated carbocycles. The van der Waals surface area contributed by atoms with E-state index in [1.807, 2.05) is 11.8 Å². The zero-order valence-corrected chi connectivity index (χ0v) is 12.0. The summed E-state index contributed by atoms with van der Waals surface area (Å²) in [5.41, 5.74) is 0.701. The maximum atomic E-state index is 11.9. The number of carbonyl (C=O) groups is 2. The van der Waals surface area contributed by atoms with E-state index in [1.54, 1.807) is 6.20 Å². The summed E-state index contributed by atoms with van der Waals surface area (Å²) in [6.45, 7) is 0. The summed E-state index contributed by atoms with van der Waals surface area (Å²) in [6.07, 6.45) is 5.79. The van der Waals surface area contributed by atoms with Crippen molar-refractivity contribution in [2.75, 3.05) is 11.5 Å². The first-order valence-corrected chi connectivity index (χ1v) is 7.88. The second-order valence-electron chi connectivity index (χ2n) is 5.00. The maximum Gasteiger partial charge on any atom is 0.326 e. The van der Waals surface area contributed by atoms with Gasteiger partial charge in [0, 0.05) is 24.7 Å². The molecule has 2 rings (SSSR count). The van der Waals surface area contributed by atoms with Crippen LogP contribution in [0.5, 0.6) is 0 Å². The van der Waals surface area contributed by atoms with Gasteiger partial charge in [-0.1, -0.05) is 0 Å². The molecule has 1 atom stereocenters. The monoisotopic (exact) mass is 297 g/mol. The summed E-state index contributed by atoms with van der Waals surface area (Å²) in [6, 6.07) is -0.902. The van der Waals surface area contributed by atoms with Gasteiger partial charge in [-0.25, -0.2) is 9.78 Å². The molecule has 20 heavy (non-hydrogen) atoms. The van der Waals surface area contributed by atoms with Crippen LogP contribution in [-0.4, -0.2) is 44.5 Å². The Morgan fingerprint density at radius 1 is 1.50 bits per heavy atom. The minimum absolute atomic E-state index is 0.172. The van der Waals surface area contributed by atoms with E-state index in [1.165, 1.54) is 6.33 Å². The lowest BCUT2D eigenvalue weighted by Crippen LogP contribution is -2.43. The quantitative estimate of drug-likeness (QED) is 0.729. The number of aromatic amines is 1. The van der Waals surface area contributed by atoms with E-state index in [-0.39, 0.29) is 12.3 Å². The minimum Gasteiger partial charge on any atom is -0.480 e. The van der Waals surface area contributed by atoms with E-state index in [4.69, 9.17) is 0 Å². The van der Waals surface area contributed by atoms with Crippen LogP contribution in [0.15, 0.2) is 12.5 Å². The highest BCUT2D eigenvalue weighted by Gasteiger charge is 2.23. The molecule has 7 heteroatoms. The fourth-order valence-corrected chi connectivity index (χ4v) is 3.49. The highest BCUT2D eigenvalue weighted by molar-refractivity contribution is 7.99. The lowest BCUT2D eigenvalue weighted by molar-refractivity contribution is -0.142. The first kappa shape index (κ1) is 14.9. The van der Waals surface area contributed by atoms with Gasteiger partial charge in [0.2, 0.25) is 5.91 Å². The van der Waals surface area contributed by atoms with E-state index >= 15 is 0 Å². The number of nitrogens with zero attached hydrogens (tertiary/aromatic N) is 1. The fourth-order valence-electron chi connectivity index (χ4n) is 2.28. The average Bonchev–Trinajstić information content (AvgIpc) is 2.92. The molecule has 1 aromatic rings. The highest BCUT2D eigenvalue weighted by Crippen LogP contribution is 2.25. The van der Waals surface area contributed by atoms with E-state index < -0.39 is 12.0 Å². The van der Waals surface area contributed by atoms with E-state index in [2.05, 4.69) is 15.3 Å². The van der Waals surface area contributed by atoms with Crippen LogP contribution >= 0.6 is 11.8 Å². The Morgan fingerprint density at radius 2 is 2.25 bits per heavy atom. The second kappa shape index (κ2) is 7.33. The molecule has 2 heterocycles. The molecule has 1 amide bonds. The number of carboxylic acid groups (broad SMARTS) is 1. The van der Waals surface area contributed by atoms with Crippen molar-refractivity contribution in [1.29, 1.82) is 0 Å². The third-order valence-electron chi connectivity index (χ3n) is 3.43. The SMILES string of the molecule is O=C(CC1CCSCC1)N[C@@H](Cc1cnc[nH]1)C(=O)O. The predicted molar refractivity (Wildman–Crippen MR) is 76.5 cm³/mol. The van der Waals surface area contributed by atoms with Crippen molar-refractivity contribution < 1.29 is 14.7 Å². The molecule has 1 aliphatic heterocycles. The van der Waals surface area contributed by atoms with Crippen molar-refractivity contribution in [3.63, 3.8) is 0 Å². The van der Waals surface area contributed by atoms with Gasteiger partial charge in [0.15, 0.2) is 0 Å². The fraction of sp³-hybridized carbons (Fsp3) is 0.615. The Kier molecular flexibility index (Phi) is 5.46. The number of aliphatic carboxylic acids is 1. The molecule has 0 spiro atoms. The number of thioether (sulfide) groups is 1. The van der Waals surface area contributed by atoms with Crippen LogP contribution in [0.1, 0.15) is 25.0 Å². The Labute approximate surface area is 121 Å². The lowest BCUT2D eigenvalue weighted by atomic mass is 9.98. The van der Waals surface area contributed by atoms with Crippen molar-refractivity contribution in [2.24, 2.45) is 5.92 Å². The first-order chi connectivity index (χ1) is 9.65. The topological polar surface area (TPSA) is 95.1 Å². The smallest absolute Gasteiger partial charge is 0.326 e. The molecule has 0 radical (unpaired) electrons. The number of carboxylic acids is 1. The number of hydrogen-bond donors (Lipinski definition) is 3. The van der Waals surface area contributed by atoms with E-state index in [9.17, 15) is 14.7 Å². The van der Waals surface area contributed by atoms with Crippen LogP contribution in [0, 0.1) is 5.92 Å². The van der Waals surface area contributed by atoms with Crippen LogP contribution < -0.4 is 5.32 Å². The number of amides is 1. The van der Waals surface area contributed by atoms with Crippen LogP contribution in [0.3, 0.4) is 0 Å². The molecule has 1 fully saturated rings. The average molecular weight is 297 g/mol. The Bertz CT molecular complexity index is 444. The van der Waals surface area contributed by atoms with Gasteiger partial charge in [0.25, 0.3) is 0 Å². The summed E-state index contributed by atoms with van der Waals surface area (Å²) in [4.78, 5) is 29.8. The summed E-state index contributed by atoms with van der Waals surface area (Å²) >= 11 is 1.91. The third kappa shape index (κ3) is 4.56. The third-order valence-corrected chi connectivity index (χ3v) is 4.48. The molecule has 1 aliphatic rings. The zero-order chi connectivity index (χ0) is 14.4. The van der Waals surface area contributed by atoms with Gasteiger partial charge >= 0.3 is 5.97 Å². The van der Waals surface area contributed by atoms with Crippen molar-refractivity contribution in [2.45, 2.75) is 31.7 Å². The Morgan fingerprint density at radius 3 is 2.85 bits per heavy atom. The second-order valence-corrected chi connectivity index (χ2v) is 6.22. The molecule has 0 unspecified atom stereocenters. The zero-order valence-electron chi connectivity index (χ0n) is 11.2. The number of rotatable bonds is 6. The molecule has 0 aliphatic carbocycles. The van der Waals surface area contributed by atoms with Crippen molar-refractivity contribution in [3.8, 4) is 0 Å². The minimum atomic E-state index is -1.02. The van der Waals surface area contributed by atoms with E-state index in [0.717, 1.165) is 24.3 Å².